The van der Waals surface area contributed by atoms with Crippen LogP contribution in [-0.2, 0) is 10.2 Å². The van der Waals surface area contributed by atoms with Gasteiger partial charge in [0.2, 0.25) is 0 Å². The molecule has 0 saturated carbocycles. The van der Waals surface area contributed by atoms with E-state index in [1.807, 2.05) is 22.8 Å². The van der Waals surface area contributed by atoms with Gasteiger partial charge >= 0.3 is 0 Å². The Morgan fingerprint density at radius 1 is 1.04 bits per heavy atom. The molecule has 0 unspecified atom stereocenters. The van der Waals surface area contributed by atoms with Gasteiger partial charge in [0.15, 0.2) is 5.65 Å². The molecule has 1 saturated heterocycles. The molecule has 0 radical (unpaired) electrons. The van der Waals surface area contributed by atoms with Crippen molar-refractivity contribution in [3.8, 4) is 11.3 Å². The van der Waals surface area contributed by atoms with Crippen LogP contribution in [0.4, 0.5) is 5.82 Å². The molecule has 4 rings (SSSR count). The summed E-state index contributed by atoms with van der Waals surface area (Å²) in [6.07, 6.45) is 3.93. The first-order chi connectivity index (χ1) is 12.5. The van der Waals surface area contributed by atoms with Crippen molar-refractivity contribution in [2.24, 2.45) is 0 Å². The standard InChI is InChI=1S/C21H26N4O/c1-21(2,3)16-6-4-15(5-7-16)18-14-22-20-9-8-19(24-25(18)20)23-17-10-12-26-13-11-17/h4-9,14,17H,10-13H2,1-3H3,(H,23,24). The van der Waals surface area contributed by atoms with E-state index in [0.29, 0.717) is 6.04 Å². The Hall–Kier alpha value is -2.40. The fraction of sp³-hybridized carbons (Fsp3) is 0.429. The lowest BCUT2D eigenvalue weighted by atomic mass is 9.86. The van der Waals surface area contributed by atoms with Gasteiger partial charge in [-0.1, -0.05) is 45.0 Å². The molecule has 3 aromatic rings. The van der Waals surface area contributed by atoms with E-state index in [-0.39, 0.29) is 5.41 Å². The van der Waals surface area contributed by atoms with Crippen molar-refractivity contribution in [3.63, 3.8) is 0 Å². The predicted octanol–water partition coefficient (Wildman–Crippen LogP) is 4.28. The third kappa shape index (κ3) is 3.44. The molecule has 0 spiro atoms. The number of hydrogen-bond acceptors (Lipinski definition) is 4. The highest BCUT2D eigenvalue weighted by molar-refractivity contribution is 5.64. The maximum Gasteiger partial charge on any atom is 0.154 e. The zero-order valence-electron chi connectivity index (χ0n) is 15.7. The van der Waals surface area contributed by atoms with E-state index in [1.165, 1.54) is 5.56 Å². The Balaban J connectivity index is 1.64. The maximum atomic E-state index is 5.43. The normalized spacial score (nSPS) is 16.1. The van der Waals surface area contributed by atoms with Crippen LogP contribution in [0, 0.1) is 0 Å². The summed E-state index contributed by atoms with van der Waals surface area (Å²) in [6, 6.07) is 13.1. The van der Waals surface area contributed by atoms with Crippen molar-refractivity contribution in [2.45, 2.75) is 45.1 Å². The van der Waals surface area contributed by atoms with Gasteiger partial charge in [-0.2, -0.15) is 0 Å². The van der Waals surface area contributed by atoms with Crippen molar-refractivity contribution in [2.75, 3.05) is 18.5 Å². The molecular weight excluding hydrogens is 324 g/mol. The quantitative estimate of drug-likeness (QED) is 0.766. The lowest BCUT2D eigenvalue weighted by Crippen LogP contribution is -2.28. The number of anilines is 1. The van der Waals surface area contributed by atoms with Crippen molar-refractivity contribution < 1.29 is 4.74 Å². The zero-order valence-corrected chi connectivity index (χ0v) is 15.7. The van der Waals surface area contributed by atoms with Gasteiger partial charge in [0.1, 0.15) is 5.82 Å². The van der Waals surface area contributed by atoms with Crippen molar-refractivity contribution in [3.05, 3.63) is 48.2 Å². The summed E-state index contributed by atoms with van der Waals surface area (Å²) >= 11 is 0. The number of nitrogens with one attached hydrogen (secondary N) is 1. The third-order valence-electron chi connectivity index (χ3n) is 4.98. The first-order valence-corrected chi connectivity index (χ1v) is 9.31. The van der Waals surface area contributed by atoms with Gasteiger partial charge in [-0.25, -0.2) is 9.50 Å². The van der Waals surface area contributed by atoms with Crippen LogP contribution in [0.15, 0.2) is 42.6 Å². The number of benzene rings is 1. The van der Waals surface area contributed by atoms with Crippen LogP contribution in [0.1, 0.15) is 39.2 Å². The number of aromatic nitrogens is 3. The van der Waals surface area contributed by atoms with Crippen LogP contribution < -0.4 is 5.32 Å². The first kappa shape index (κ1) is 17.0. The van der Waals surface area contributed by atoms with E-state index in [0.717, 1.165) is 48.8 Å². The number of fused-ring (bicyclic) bond motifs is 1. The molecule has 5 heteroatoms. The second kappa shape index (κ2) is 6.72. The molecule has 0 aliphatic carbocycles. The van der Waals surface area contributed by atoms with Crippen LogP contribution in [-0.4, -0.2) is 33.9 Å². The summed E-state index contributed by atoms with van der Waals surface area (Å²) in [5, 5.41) is 8.31. The van der Waals surface area contributed by atoms with Gasteiger partial charge < -0.3 is 10.1 Å². The molecule has 0 bridgehead atoms. The summed E-state index contributed by atoms with van der Waals surface area (Å²) in [4.78, 5) is 4.51. The largest absolute Gasteiger partial charge is 0.381 e. The summed E-state index contributed by atoms with van der Waals surface area (Å²) in [5.41, 5.74) is 4.47. The van der Waals surface area contributed by atoms with E-state index >= 15 is 0 Å². The Kier molecular flexibility index (Phi) is 4.41. The third-order valence-corrected chi connectivity index (χ3v) is 4.98. The van der Waals surface area contributed by atoms with Crippen LogP contribution >= 0.6 is 0 Å². The van der Waals surface area contributed by atoms with Crippen LogP contribution in [0.5, 0.6) is 0 Å². The highest BCUT2D eigenvalue weighted by atomic mass is 16.5. The highest BCUT2D eigenvalue weighted by Gasteiger charge is 2.16. The fourth-order valence-electron chi connectivity index (χ4n) is 3.34. The van der Waals surface area contributed by atoms with E-state index in [9.17, 15) is 0 Å². The summed E-state index contributed by atoms with van der Waals surface area (Å²) in [6.45, 7) is 8.32. The Morgan fingerprint density at radius 3 is 2.46 bits per heavy atom. The summed E-state index contributed by atoms with van der Waals surface area (Å²) < 4.78 is 7.35. The molecular formula is C21H26N4O. The molecule has 1 fully saturated rings. The second-order valence-corrected chi connectivity index (χ2v) is 7.99. The molecule has 1 N–H and O–H groups in total. The van der Waals surface area contributed by atoms with Crippen molar-refractivity contribution in [1.82, 2.24) is 14.6 Å². The Bertz CT molecular complexity index is 887. The van der Waals surface area contributed by atoms with Gasteiger partial charge in [-0.15, -0.1) is 5.10 Å². The van der Waals surface area contributed by atoms with E-state index in [1.54, 1.807) is 0 Å². The van der Waals surface area contributed by atoms with Gasteiger partial charge in [0.25, 0.3) is 0 Å². The molecule has 26 heavy (non-hydrogen) atoms. The molecule has 136 valence electrons. The van der Waals surface area contributed by atoms with E-state index < -0.39 is 0 Å². The molecule has 1 aliphatic rings. The highest BCUT2D eigenvalue weighted by Crippen LogP contribution is 2.26. The smallest absolute Gasteiger partial charge is 0.154 e. The SMILES string of the molecule is CC(C)(C)c1ccc(-c2cnc3ccc(NC4CCOCC4)nn23)cc1. The molecule has 0 atom stereocenters. The summed E-state index contributed by atoms with van der Waals surface area (Å²) in [5.74, 6) is 0.884. The number of rotatable bonds is 3. The monoisotopic (exact) mass is 350 g/mol. The lowest BCUT2D eigenvalue weighted by molar-refractivity contribution is 0.0903. The zero-order chi connectivity index (χ0) is 18.1. The van der Waals surface area contributed by atoms with E-state index in [4.69, 9.17) is 9.84 Å². The van der Waals surface area contributed by atoms with Gasteiger partial charge in [0.05, 0.1) is 11.9 Å². The van der Waals surface area contributed by atoms with Crippen LogP contribution in [0.25, 0.3) is 16.9 Å². The number of nitrogens with zero attached hydrogens (tertiary/aromatic N) is 3. The van der Waals surface area contributed by atoms with Gasteiger partial charge in [-0.3, -0.25) is 0 Å². The minimum atomic E-state index is 0.150. The van der Waals surface area contributed by atoms with Crippen LogP contribution in [0.3, 0.4) is 0 Å². The van der Waals surface area contributed by atoms with Crippen molar-refractivity contribution in [1.29, 1.82) is 0 Å². The molecule has 0 amide bonds. The molecule has 1 aromatic carbocycles. The fourth-order valence-corrected chi connectivity index (χ4v) is 3.34. The van der Waals surface area contributed by atoms with Crippen LogP contribution in [0.2, 0.25) is 0 Å². The molecule has 2 aromatic heterocycles. The van der Waals surface area contributed by atoms with E-state index in [2.05, 4.69) is 55.3 Å². The number of hydrogen-bond donors (Lipinski definition) is 1. The average molecular weight is 350 g/mol. The average Bonchev–Trinajstić information content (AvgIpc) is 3.05. The first-order valence-electron chi connectivity index (χ1n) is 9.31. The second-order valence-electron chi connectivity index (χ2n) is 7.99. The number of imidazole rings is 1. The lowest BCUT2D eigenvalue weighted by Gasteiger charge is -2.23. The van der Waals surface area contributed by atoms with Gasteiger partial charge in [-0.05, 0) is 36.0 Å². The predicted molar refractivity (Wildman–Crippen MR) is 105 cm³/mol. The summed E-state index contributed by atoms with van der Waals surface area (Å²) in [7, 11) is 0. The topological polar surface area (TPSA) is 51.5 Å². The van der Waals surface area contributed by atoms with Gasteiger partial charge in [0, 0.05) is 24.8 Å². The minimum absolute atomic E-state index is 0.150. The Morgan fingerprint density at radius 2 is 1.77 bits per heavy atom. The Labute approximate surface area is 154 Å². The number of ether oxygens (including phenoxy) is 1. The molecule has 3 heterocycles. The van der Waals surface area contributed by atoms with Crippen molar-refractivity contribution >= 4 is 11.5 Å². The molecule has 5 nitrogen and oxygen atoms in total. The molecule has 1 aliphatic heterocycles. The minimum Gasteiger partial charge on any atom is -0.381 e. The maximum absolute atomic E-state index is 5.43.